The molecule has 20 heavy (non-hydrogen) atoms. The van der Waals surface area contributed by atoms with E-state index in [9.17, 15) is 4.39 Å². The third-order valence-corrected chi connectivity index (χ3v) is 3.05. The third-order valence-electron chi connectivity index (χ3n) is 3.05. The highest BCUT2D eigenvalue weighted by molar-refractivity contribution is 5.79. The summed E-state index contributed by atoms with van der Waals surface area (Å²) in [5, 5.41) is 2.12. The molecule has 3 heteroatoms. The summed E-state index contributed by atoms with van der Waals surface area (Å²) in [5.74, 6) is -0.192. The van der Waals surface area contributed by atoms with E-state index in [-0.39, 0.29) is 5.82 Å². The second-order valence-corrected chi connectivity index (χ2v) is 4.38. The van der Waals surface area contributed by atoms with Gasteiger partial charge in [0.15, 0.2) is 0 Å². The average Bonchev–Trinajstić information content (AvgIpc) is 2.98. The van der Waals surface area contributed by atoms with Crippen molar-refractivity contribution < 1.29 is 4.39 Å². The van der Waals surface area contributed by atoms with Gasteiger partial charge in [-0.25, -0.2) is 4.39 Å². The Hall–Kier alpha value is -2.68. The van der Waals surface area contributed by atoms with Crippen molar-refractivity contribution >= 4 is 21.8 Å². The Balaban J connectivity index is 0.000000121. The number of nitrogens with one attached hydrogen (secondary N) is 1. The number of halogens is 1. The van der Waals surface area contributed by atoms with Gasteiger partial charge in [0.05, 0.1) is 11.0 Å². The van der Waals surface area contributed by atoms with Crippen molar-refractivity contribution in [2.45, 2.75) is 0 Å². The summed E-state index contributed by atoms with van der Waals surface area (Å²) in [7, 11) is 0. The van der Waals surface area contributed by atoms with E-state index >= 15 is 0 Å². The molecule has 0 unspecified atom stereocenters. The minimum absolute atomic E-state index is 0.192. The monoisotopic (exact) mass is 264 g/mol. The molecule has 2 nitrogen and oxygen atoms in total. The van der Waals surface area contributed by atoms with Crippen LogP contribution in [0.25, 0.3) is 21.8 Å². The summed E-state index contributed by atoms with van der Waals surface area (Å²) in [6.07, 6.45) is 3.54. The first kappa shape index (κ1) is 12.4. The van der Waals surface area contributed by atoms with Crippen molar-refractivity contribution in [1.82, 2.24) is 9.97 Å². The highest BCUT2D eigenvalue weighted by atomic mass is 19.1. The highest BCUT2D eigenvalue weighted by Gasteiger charge is 1.97. The summed E-state index contributed by atoms with van der Waals surface area (Å²) in [6, 6.07) is 18.9. The van der Waals surface area contributed by atoms with Gasteiger partial charge in [-0.3, -0.25) is 4.98 Å². The normalized spacial score (nSPS) is 10.2. The van der Waals surface area contributed by atoms with Crippen molar-refractivity contribution in [2.75, 3.05) is 0 Å². The Kier molecular flexibility index (Phi) is 3.42. The fourth-order valence-electron chi connectivity index (χ4n) is 2.06. The molecule has 0 spiro atoms. The molecule has 1 N–H and O–H groups in total. The first-order valence-corrected chi connectivity index (χ1v) is 6.36. The Labute approximate surface area is 115 Å². The maximum atomic E-state index is 12.8. The van der Waals surface area contributed by atoms with Crippen LogP contribution in [0.5, 0.6) is 0 Å². The molecule has 4 rings (SSSR count). The van der Waals surface area contributed by atoms with E-state index in [0.717, 1.165) is 10.9 Å². The van der Waals surface area contributed by atoms with E-state index in [1.54, 1.807) is 12.3 Å². The van der Waals surface area contributed by atoms with Crippen LogP contribution in [0.15, 0.2) is 73.1 Å². The van der Waals surface area contributed by atoms with Crippen molar-refractivity contribution in [3.8, 4) is 0 Å². The fourth-order valence-corrected chi connectivity index (χ4v) is 2.06. The first-order valence-electron chi connectivity index (χ1n) is 6.36. The molecule has 2 heterocycles. The van der Waals surface area contributed by atoms with Gasteiger partial charge in [-0.1, -0.05) is 36.4 Å². The van der Waals surface area contributed by atoms with E-state index in [0.29, 0.717) is 5.52 Å². The average molecular weight is 264 g/mol. The molecule has 4 aromatic rings. The van der Waals surface area contributed by atoms with E-state index in [4.69, 9.17) is 0 Å². The van der Waals surface area contributed by atoms with Crippen LogP contribution < -0.4 is 0 Å². The number of H-pyrrole nitrogens is 1. The lowest BCUT2D eigenvalue weighted by molar-refractivity contribution is 0.637. The molecule has 0 radical (unpaired) electrons. The predicted octanol–water partition coefficient (Wildman–Crippen LogP) is 4.54. The van der Waals surface area contributed by atoms with Gasteiger partial charge in [0.2, 0.25) is 0 Å². The zero-order chi connectivity index (χ0) is 13.8. The van der Waals surface area contributed by atoms with Gasteiger partial charge < -0.3 is 4.98 Å². The molecule has 0 aliphatic rings. The number of hydrogen-bond acceptors (Lipinski definition) is 1. The molecule has 0 saturated carbocycles. The summed E-state index contributed by atoms with van der Waals surface area (Å²) < 4.78 is 12.8. The van der Waals surface area contributed by atoms with Crippen LogP contribution in [0.1, 0.15) is 0 Å². The van der Waals surface area contributed by atoms with E-state index in [1.807, 2.05) is 42.6 Å². The summed E-state index contributed by atoms with van der Waals surface area (Å²) in [6.45, 7) is 0. The fraction of sp³-hybridized carbons (Fsp3) is 0. The molecule has 0 aliphatic heterocycles. The number of pyridine rings is 1. The highest BCUT2D eigenvalue weighted by Crippen LogP contribution is 2.14. The van der Waals surface area contributed by atoms with Crippen molar-refractivity contribution in [2.24, 2.45) is 0 Å². The van der Waals surface area contributed by atoms with Crippen LogP contribution in [-0.2, 0) is 0 Å². The molecule has 98 valence electrons. The quantitative estimate of drug-likeness (QED) is 0.496. The van der Waals surface area contributed by atoms with Crippen LogP contribution in [0.4, 0.5) is 4.39 Å². The smallest absolute Gasteiger partial charge is 0.147 e. The number of fused-ring (bicyclic) bond motifs is 2. The number of hydrogen-bond donors (Lipinski definition) is 1. The molecule has 0 bridgehead atoms. The van der Waals surface area contributed by atoms with Crippen LogP contribution >= 0.6 is 0 Å². The molecule has 2 aromatic heterocycles. The van der Waals surface area contributed by atoms with Crippen LogP contribution in [0, 0.1) is 5.82 Å². The zero-order valence-electron chi connectivity index (χ0n) is 10.8. The topological polar surface area (TPSA) is 28.7 Å². The van der Waals surface area contributed by atoms with Gasteiger partial charge in [-0.2, -0.15) is 0 Å². The molecule has 0 aliphatic carbocycles. The lowest BCUT2D eigenvalue weighted by Crippen LogP contribution is -1.73. The molecule has 0 amide bonds. The number of aromatic amines is 1. The summed E-state index contributed by atoms with van der Waals surface area (Å²) in [4.78, 5) is 6.99. The van der Waals surface area contributed by atoms with E-state index in [2.05, 4.69) is 22.1 Å². The summed E-state index contributed by atoms with van der Waals surface area (Å²) in [5.41, 5.74) is 1.65. The van der Waals surface area contributed by atoms with E-state index in [1.165, 1.54) is 11.5 Å². The standard InChI is InChI=1S/C9H7N.C8H6FN/c1-2-6-9-8(4-1)5-3-7-10-9;9-7-3-1-2-6-4-5-10-8(6)7/h1-7H;1-5,10H. The maximum absolute atomic E-state index is 12.8. The van der Waals surface area contributed by atoms with E-state index < -0.39 is 0 Å². The molecule has 0 fully saturated rings. The minimum Gasteiger partial charge on any atom is -0.359 e. The number of aromatic nitrogens is 2. The second kappa shape index (κ2) is 5.53. The Morgan fingerprint density at radius 1 is 0.800 bits per heavy atom. The van der Waals surface area contributed by atoms with Crippen LogP contribution in [-0.4, -0.2) is 9.97 Å². The number of rotatable bonds is 0. The largest absolute Gasteiger partial charge is 0.359 e. The van der Waals surface area contributed by atoms with Gasteiger partial charge in [-0.15, -0.1) is 0 Å². The number of para-hydroxylation sites is 2. The zero-order valence-corrected chi connectivity index (χ0v) is 10.8. The van der Waals surface area contributed by atoms with Gasteiger partial charge in [0.25, 0.3) is 0 Å². The molecular formula is C17H13FN2. The summed E-state index contributed by atoms with van der Waals surface area (Å²) >= 11 is 0. The minimum atomic E-state index is -0.192. The Morgan fingerprint density at radius 3 is 2.45 bits per heavy atom. The van der Waals surface area contributed by atoms with Crippen molar-refractivity contribution in [3.63, 3.8) is 0 Å². The predicted molar refractivity (Wildman–Crippen MR) is 80.0 cm³/mol. The Bertz CT molecular complexity index is 771. The van der Waals surface area contributed by atoms with Crippen LogP contribution in [0.3, 0.4) is 0 Å². The molecule has 0 saturated heterocycles. The SMILES string of the molecule is Fc1cccc2cc[nH]c12.c1ccc2ncccc2c1. The van der Waals surface area contributed by atoms with Crippen LogP contribution in [0.2, 0.25) is 0 Å². The van der Waals surface area contributed by atoms with Gasteiger partial charge in [-0.05, 0) is 24.3 Å². The molecule has 2 aromatic carbocycles. The number of benzene rings is 2. The maximum Gasteiger partial charge on any atom is 0.147 e. The lowest BCUT2D eigenvalue weighted by Gasteiger charge is -1.91. The lowest BCUT2D eigenvalue weighted by atomic mass is 10.2. The molecular weight excluding hydrogens is 251 g/mol. The Morgan fingerprint density at radius 2 is 1.60 bits per heavy atom. The van der Waals surface area contributed by atoms with Crippen molar-refractivity contribution in [1.29, 1.82) is 0 Å². The number of nitrogens with zero attached hydrogens (tertiary/aromatic N) is 1. The van der Waals surface area contributed by atoms with Gasteiger partial charge in [0, 0.05) is 23.2 Å². The van der Waals surface area contributed by atoms with Crippen molar-refractivity contribution in [3.05, 3.63) is 78.9 Å². The molecule has 0 atom stereocenters. The van der Waals surface area contributed by atoms with Gasteiger partial charge >= 0.3 is 0 Å². The second-order valence-electron chi connectivity index (χ2n) is 4.38. The first-order chi connectivity index (χ1) is 9.84. The van der Waals surface area contributed by atoms with Gasteiger partial charge in [0.1, 0.15) is 5.82 Å². The third kappa shape index (κ3) is 2.52.